The highest BCUT2D eigenvalue weighted by Gasteiger charge is 2.42. The maximum atomic E-state index is 13.4. The lowest BCUT2D eigenvalue weighted by atomic mass is 9.74. The number of benzene rings is 1. The van der Waals surface area contributed by atoms with Crippen LogP contribution in [0.3, 0.4) is 0 Å². The third-order valence-corrected chi connectivity index (χ3v) is 6.66. The van der Waals surface area contributed by atoms with Crippen molar-refractivity contribution in [3.05, 3.63) is 72.5 Å². The van der Waals surface area contributed by atoms with Gasteiger partial charge in [0, 0.05) is 30.2 Å². The molecule has 1 aliphatic heterocycles. The van der Waals surface area contributed by atoms with Crippen molar-refractivity contribution in [2.75, 3.05) is 0 Å². The summed E-state index contributed by atoms with van der Waals surface area (Å²) in [7, 11) is 0. The quantitative estimate of drug-likeness (QED) is 0.473. The number of pyridine rings is 1. The number of hydrogen-bond donors (Lipinski definition) is 3. The van der Waals surface area contributed by atoms with Gasteiger partial charge in [-0.05, 0) is 60.4 Å². The number of rotatable bonds is 3. The molecule has 1 saturated carbocycles. The standard InChI is InChI=1S/C23H22FN7/c24-16-4-1-13(2-5-16)17-7-8-27-22-20(17)28-23(29-22)21-18-9-14(3-6-19(18)30-31-21)15-10-25-12-26-11-15/h1-2,4-5,7-8,10-12,14,18-19,21,30-31H,3,6,9H2,(H,27,28,29). The second-order valence-corrected chi connectivity index (χ2v) is 8.40. The Morgan fingerprint density at radius 3 is 2.65 bits per heavy atom. The molecule has 7 nitrogen and oxygen atoms in total. The SMILES string of the molecule is Fc1ccc(-c2ccnc3nc(C4NNC5CCC(c6cncnc6)CC54)[nH]c23)cc1. The van der Waals surface area contributed by atoms with Crippen LogP contribution in [0.2, 0.25) is 0 Å². The molecule has 31 heavy (non-hydrogen) atoms. The molecule has 4 aromatic rings. The Hall–Kier alpha value is -3.23. The Morgan fingerprint density at radius 1 is 0.968 bits per heavy atom. The first-order valence-electron chi connectivity index (χ1n) is 10.6. The number of H-pyrrole nitrogens is 1. The molecule has 2 aliphatic rings. The lowest BCUT2D eigenvalue weighted by Gasteiger charge is -2.32. The number of imidazole rings is 1. The van der Waals surface area contributed by atoms with Crippen LogP contribution in [0.25, 0.3) is 22.3 Å². The van der Waals surface area contributed by atoms with Gasteiger partial charge in [0.05, 0.1) is 11.6 Å². The molecule has 0 radical (unpaired) electrons. The maximum absolute atomic E-state index is 13.4. The number of halogens is 1. The average molecular weight is 415 g/mol. The van der Waals surface area contributed by atoms with Gasteiger partial charge in [-0.15, -0.1) is 0 Å². The van der Waals surface area contributed by atoms with Crippen LogP contribution in [-0.2, 0) is 0 Å². The van der Waals surface area contributed by atoms with E-state index in [0.717, 1.165) is 41.7 Å². The van der Waals surface area contributed by atoms with Gasteiger partial charge in [-0.3, -0.25) is 5.43 Å². The normalized spacial score (nSPS) is 25.6. The van der Waals surface area contributed by atoms with E-state index in [1.807, 2.05) is 18.5 Å². The van der Waals surface area contributed by atoms with Gasteiger partial charge in [0.15, 0.2) is 5.65 Å². The molecule has 1 saturated heterocycles. The van der Waals surface area contributed by atoms with Crippen LogP contribution < -0.4 is 10.9 Å². The molecule has 4 atom stereocenters. The number of aromatic amines is 1. The van der Waals surface area contributed by atoms with Gasteiger partial charge >= 0.3 is 0 Å². The Bertz CT molecular complexity index is 1210. The van der Waals surface area contributed by atoms with E-state index in [1.54, 1.807) is 24.7 Å². The molecule has 2 fully saturated rings. The summed E-state index contributed by atoms with van der Waals surface area (Å²) >= 11 is 0. The summed E-state index contributed by atoms with van der Waals surface area (Å²) < 4.78 is 13.4. The van der Waals surface area contributed by atoms with Gasteiger partial charge in [-0.2, -0.15) is 0 Å². The molecular weight excluding hydrogens is 393 g/mol. The molecule has 8 heteroatoms. The fourth-order valence-corrected chi connectivity index (χ4v) is 5.10. The van der Waals surface area contributed by atoms with E-state index in [4.69, 9.17) is 4.98 Å². The highest BCUT2D eigenvalue weighted by atomic mass is 19.1. The van der Waals surface area contributed by atoms with E-state index in [2.05, 4.69) is 30.8 Å². The van der Waals surface area contributed by atoms with Gasteiger partial charge in [-0.25, -0.2) is 29.8 Å². The van der Waals surface area contributed by atoms with Gasteiger partial charge in [0.2, 0.25) is 0 Å². The van der Waals surface area contributed by atoms with Crippen molar-refractivity contribution in [2.45, 2.75) is 37.3 Å². The predicted molar refractivity (Wildman–Crippen MR) is 114 cm³/mol. The largest absolute Gasteiger partial charge is 0.339 e. The summed E-state index contributed by atoms with van der Waals surface area (Å²) in [5, 5.41) is 0. The summed E-state index contributed by atoms with van der Waals surface area (Å²) in [6.45, 7) is 0. The van der Waals surface area contributed by atoms with Crippen molar-refractivity contribution in [2.24, 2.45) is 5.92 Å². The van der Waals surface area contributed by atoms with Crippen LogP contribution in [-0.4, -0.2) is 31.0 Å². The van der Waals surface area contributed by atoms with Gasteiger partial charge in [0.1, 0.15) is 18.0 Å². The van der Waals surface area contributed by atoms with E-state index in [1.165, 1.54) is 17.7 Å². The van der Waals surface area contributed by atoms with E-state index in [-0.39, 0.29) is 11.9 Å². The van der Waals surface area contributed by atoms with E-state index in [0.29, 0.717) is 23.5 Å². The van der Waals surface area contributed by atoms with Crippen LogP contribution in [0, 0.1) is 11.7 Å². The Labute approximate surface area is 178 Å². The molecule has 0 bridgehead atoms. The third-order valence-electron chi connectivity index (χ3n) is 6.66. The van der Waals surface area contributed by atoms with Crippen molar-refractivity contribution in [1.29, 1.82) is 0 Å². The van der Waals surface area contributed by atoms with Crippen LogP contribution in [0.4, 0.5) is 4.39 Å². The molecule has 4 heterocycles. The third kappa shape index (κ3) is 3.28. The summed E-state index contributed by atoms with van der Waals surface area (Å²) in [5.74, 6) is 1.47. The van der Waals surface area contributed by atoms with Crippen LogP contribution in [0.1, 0.15) is 42.6 Å². The molecular formula is C23H22FN7. The molecule has 1 aliphatic carbocycles. The van der Waals surface area contributed by atoms with Crippen LogP contribution >= 0.6 is 0 Å². The minimum atomic E-state index is -0.248. The van der Waals surface area contributed by atoms with Gasteiger partial charge in [0.25, 0.3) is 0 Å². The Balaban J connectivity index is 1.33. The fraction of sp³-hybridized carbons (Fsp3) is 0.304. The first-order valence-corrected chi connectivity index (χ1v) is 10.6. The zero-order valence-electron chi connectivity index (χ0n) is 16.8. The minimum Gasteiger partial charge on any atom is -0.339 e. The molecule has 6 rings (SSSR count). The average Bonchev–Trinajstić information content (AvgIpc) is 3.43. The number of nitrogens with zero attached hydrogens (tertiary/aromatic N) is 4. The van der Waals surface area contributed by atoms with Crippen molar-refractivity contribution >= 4 is 11.2 Å². The molecule has 1 aromatic carbocycles. The second kappa shape index (κ2) is 7.47. The lowest BCUT2D eigenvalue weighted by molar-refractivity contribution is 0.274. The van der Waals surface area contributed by atoms with E-state index in [9.17, 15) is 4.39 Å². The smallest absolute Gasteiger partial charge is 0.178 e. The zero-order valence-corrected chi connectivity index (χ0v) is 16.8. The summed E-state index contributed by atoms with van der Waals surface area (Å²) in [6, 6.07) is 8.92. The van der Waals surface area contributed by atoms with Crippen molar-refractivity contribution < 1.29 is 4.39 Å². The zero-order chi connectivity index (χ0) is 20.8. The minimum absolute atomic E-state index is 0.0627. The first kappa shape index (κ1) is 18.5. The first-order chi connectivity index (χ1) is 15.3. The topological polar surface area (TPSA) is 91.4 Å². The van der Waals surface area contributed by atoms with Crippen molar-refractivity contribution in [3.8, 4) is 11.1 Å². The molecule has 3 N–H and O–H groups in total. The Morgan fingerprint density at radius 2 is 1.81 bits per heavy atom. The van der Waals surface area contributed by atoms with Gasteiger partial charge in [-0.1, -0.05) is 12.1 Å². The van der Waals surface area contributed by atoms with E-state index >= 15 is 0 Å². The number of hydrazine groups is 1. The van der Waals surface area contributed by atoms with Crippen molar-refractivity contribution in [1.82, 2.24) is 35.8 Å². The fourth-order valence-electron chi connectivity index (χ4n) is 5.10. The molecule has 156 valence electrons. The monoisotopic (exact) mass is 415 g/mol. The summed E-state index contributed by atoms with van der Waals surface area (Å²) in [4.78, 5) is 21.2. The molecule has 0 spiro atoms. The Kier molecular flexibility index (Phi) is 4.47. The van der Waals surface area contributed by atoms with E-state index < -0.39 is 0 Å². The van der Waals surface area contributed by atoms with Gasteiger partial charge < -0.3 is 4.98 Å². The second-order valence-electron chi connectivity index (χ2n) is 8.40. The van der Waals surface area contributed by atoms with Crippen LogP contribution in [0.15, 0.2) is 55.2 Å². The predicted octanol–water partition coefficient (Wildman–Crippen LogP) is 3.66. The highest BCUT2D eigenvalue weighted by Crippen LogP contribution is 2.43. The highest BCUT2D eigenvalue weighted by molar-refractivity contribution is 5.89. The number of nitrogens with one attached hydrogen (secondary N) is 3. The lowest BCUT2D eigenvalue weighted by Crippen LogP contribution is -2.34. The molecule has 3 aromatic heterocycles. The summed E-state index contributed by atoms with van der Waals surface area (Å²) in [6.07, 6.45) is 10.4. The number of hydrogen-bond acceptors (Lipinski definition) is 6. The van der Waals surface area contributed by atoms with Crippen LogP contribution in [0.5, 0.6) is 0 Å². The molecule has 0 amide bonds. The number of fused-ring (bicyclic) bond motifs is 2. The summed E-state index contributed by atoms with van der Waals surface area (Å²) in [5.41, 5.74) is 11.6. The van der Waals surface area contributed by atoms with Crippen molar-refractivity contribution in [3.63, 3.8) is 0 Å². The number of aromatic nitrogens is 5. The molecule has 4 unspecified atom stereocenters. The maximum Gasteiger partial charge on any atom is 0.178 e.